The molecule has 0 bridgehead atoms. The van der Waals surface area contributed by atoms with Gasteiger partial charge in [0.15, 0.2) is 0 Å². The van der Waals surface area contributed by atoms with Gasteiger partial charge in [-0.2, -0.15) is 0 Å². The SMILES string of the molecule is COc1ccc(CCNC(=O)CN=[N+]=[N-])cc1. The Bertz CT molecular complexity index is 410. The average Bonchev–Trinajstić information content (AvgIpc) is 2.37. The molecule has 0 unspecified atom stereocenters. The number of nitrogens with zero attached hydrogens (tertiary/aromatic N) is 3. The van der Waals surface area contributed by atoms with Gasteiger partial charge in [-0.05, 0) is 29.6 Å². The van der Waals surface area contributed by atoms with Crippen molar-refractivity contribution >= 4 is 5.91 Å². The maximum Gasteiger partial charge on any atom is 0.225 e. The summed E-state index contributed by atoms with van der Waals surface area (Å²) in [5.41, 5.74) is 9.14. The zero-order valence-corrected chi connectivity index (χ0v) is 9.59. The minimum Gasteiger partial charge on any atom is -0.497 e. The molecular weight excluding hydrogens is 220 g/mol. The van der Waals surface area contributed by atoms with Gasteiger partial charge in [-0.25, -0.2) is 0 Å². The number of nitrogens with one attached hydrogen (secondary N) is 1. The highest BCUT2D eigenvalue weighted by molar-refractivity contribution is 5.78. The van der Waals surface area contributed by atoms with Gasteiger partial charge in [0.1, 0.15) is 12.3 Å². The normalized spacial score (nSPS) is 9.24. The second-order valence-corrected chi connectivity index (χ2v) is 3.34. The van der Waals surface area contributed by atoms with Crippen LogP contribution in [0.2, 0.25) is 0 Å². The van der Waals surface area contributed by atoms with Gasteiger partial charge in [-0.3, -0.25) is 4.79 Å². The quantitative estimate of drug-likeness (QED) is 0.461. The van der Waals surface area contributed by atoms with Crippen molar-refractivity contribution in [2.45, 2.75) is 6.42 Å². The molecule has 0 heterocycles. The summed E-state index contributed by atoms with van der Waals surface area (Å²) in [5, 5.41) is 5.83. The van der Waals surface area contributed by atoms with E-state index in [1.165, 1.54) is 0 Å². The van der Waals surface area contributed by atoms with Crippen LogP contribution in [0.4, 0.5) is 0 Å². The van der Waals surface area contributed by atoms with Gasteiger partial charge < -0.3 is 10.1 Å². The number of carbonyl (C=O) groups is 1. The van der Waals surface area contributed by atoms with Crippen LogP contribution >= 0.6 is 0 Å². The molecule has 0 fully saturated rings. The molecule has 1 N–H and O–H groups in total. The number of hydrogen-bond donors (Lipinski definition) is 1. The van der Waals surface area contributed by atoms with E-state index in [9.17, 15) is 4.79 Å². The van der Waals surface area contributed by atoms with Crippen molar-refractivity contribution in [2.75, 3.05) is 20.2 Å². The van der Waals surface area contributed by atoms with E-state index in [0.29, 0.717) is 6.54 Å². The fourth-order valence-corrected chi connectivity index (χ4v) is 1.29. The molecule has 0 aliphatic heterocycles. The monoisotopic (exact) mass is 234 g/mol. The van der Waals surface area contributed by atoms with Gasteiger partial charge >= 0.3 is 0 Å². The van der Waals surface area contributed by atoms with Crippen LogP contribution in [0.1, 0.15) is 5.56 Å². The van der Waals surface area contributed by atoms with Gasteiger partial charge in [0.2, 0.25) is 5.91 Å². The Morgan fingerprint density at radius 3 is 2.76 bits per heavy atom. The summed E-state index contributed by atoms with van der Waals surface area (Å²) in [4.78, 5) is 13.6. The van der Waals surface area contributed by atoms with Crippen molar-refractivity contribution < 1.29 is 9.53 Å². The van der Waals surface area contributed by atoms with Crippen molar-refractivity contribution in [1.82, 2.24) is 5.32 Å². The van der Waals surface area contributed by atoms with Gasteiger partial charge in [-0.15, -0.1) is 0 Å². The number of azide groups is 1. The van der Waals surface area contributed by atoms with Crippen molar-refractivity contribution in [3.63, 3.8) is 0 Å². The van der Waals surface area contributed by atoms with E-state index >= 15 is 0 Å². The number of methoxy groups -OCH3 is 1. The lowest BCUT2D eigenvalue weighted by atomic mass is 10.1. The summed E-state index contributed by atoms with van der Waals surface area (Å²) in [7, 11) is 1.62. The van der Waals surface area contributed by atoms with E-state index in [4.69, 9.17) is 10.3 Å². The van der Waals surface area contributed by atoms with E-state index < -0.39 is 0 Å². The Kier molecular flexibility index (Phi) is 5.40. The smallest absolute Gasteiger partial charge is 0.225 e. The van der Waals surface area contributed by atoms with E-state index in [2.05, 4.69) is 15.3 Å². The summed E-state index contributed by atoms with van der Waals surface area (Å²) in [6.45, 7) is 0.366. The Morgan fingerprint density at radius 2 is 2.18 bits per heavy atom. The Morgan fingerprint density at radius 1 is 1.47 bits per heavy atom. The van der Waals surface area contributed by atoms with Crippen LogP contribution in [0.25, 0.3) is 10.4 Å². The molecule has 1 rings (SSSR count). The first kappa shape index (κ1) is 12.9. The Hall–Kier alpha value is -2.20. The van der Waals surface area contributed by atoms with Gasteiger partial charge in [0.25, 0.3) is 0 Å². The van der Waals surface area contributed by atoms with E-state index in [1.807, 2.05) is 24.3 Å². The topological polar surface area (TPSA) is 87.1 Å². The third-order valence-corrected chi connectivity index (χ3v) is 2.17. The maximum absolute atomic E-state index is 11.1. The highest BCUT2D eigenvalue weighted by Crippen LogP contribution is 2.11. The first-order chi connectivity index (χ1) is 8.26. The number of hydrogen-bond acceptors (Lipinski definition) is 3. The first-order valence-corrected chi connectivity index (χ1v) is 5.16. The van der Waals surface area contributed by atoms with Crippen LogP contribution in [-0.2, 0) is 11.2 Å². The standard InChI is InChI=1S/C11H14N4O2/c1-17-10-4-2-9(3-5-10)6-7-13-11(16)8-14-15-12/h2-5H,6-8H2,1H3,(H,13,16). The second kappa shape index (κ2) is 7.14. The van der Waals surface area contributed by atoms with Crippen LogP contribution in [0.5, 0.6) is 5.75 Å². The number of amides is 1. The lowest BCUT2D eigenvalue weighted by Crippen LogP contribution is -2.27. The Labute approximate surface area is 99.2 Å². The van der Waals surface area contributed by atoms with E-state index in [-0.39, 0.29) is 12.5 Å². The Balaban J connectivity index is 2.30. The molecule has 1 amide bonds. The molecule has 0 spiro atoms. The summed E-state index contributed by atoms with van der Waals surface area (Å²) in [6, 6.07) is 7.63. The van der Waals surface area contributed by atoms with Crippen molar-refractivity contribution in [1.29, 1.82) is 0 Å². The maximum atomic E-state index is 11.1. The van der Waals surface area contributed by atoms with Crippen LogP contribution in [-0.4, -0.2) is 26.1 Å². The molecular formula is C11H14N4O2. The zero-order valence-electron chi connectivity index (χ0n) is 9.59. The molecule has 0 aliphatic rings. The van der Waals surface area contributed by atoms with E-state index in [0.717, 1.165) is 17.7 Å². The summed E-state index contributed by atoms with van der Waals surface area (Å²) < 4.78 is 5.04. The van der Waals surface area contributed by atoms with Crippen LogP contribution in [0.3, 0.4) is 0 Å². The zero-order chi connectivity index (χ0) is 12.5. The molecule has 17 heavy (non-hydrogen) atoms. The third kappa shape index (κ3) is 4.90. The molecule has 0 saturated carbocycles. The van der Waals surface area contributed by atoms with E-state index in [1.54, 1.807) is 7.11 Å². The molecule has 6 nitrogen and oxygen atoms in total. The predicted octanol–water partition coefficient (Wildman–Crippen LogP) is 1.66. The number of carbonyl (C=O) groups excluding carboxylic acids is 1. The molecule has 1 aromatic rings. The molecule has 0 aromatic heterocycles. The van der Waals surface area contributed by atoms with Gasteiger partial charge in [0.05, 0.1) is 7.11 Å². The largest absolute Gasteiger partial charge is 0.497 e. The summed E-state index contributed by atoms with van der Waals surface area (Å²) in [6.07, 6.45) is 0.728. The summed E-state index contributed by atoms with van der Waals surface area (Å²) >= 11 is 0. The molecule has 1 aromatic carbocycles. The van der Waals surface area contributed by atoms with Crippen LogP contribution in [0, 0.1) is 0 Å². The van der Waals surface area contributed by atoms with Gasteiger partial charge in [-0.1, -0.05) is 17.2 Å². The van der Waals surface area contributed by atoms with Crippen molar-refractivity contribution in [3.05, 3.63) is 40.3 Å². The fourth-order valence-electron chi connectivity index (χ4n) is 1.29. The minimum atomic E-state index is -0.267. The highest BCUT2D eigenvalue weighted by Gasteiger charge is 1.99. The number of benzene rings is 1. The lowest BCUT2D eigenvalue weighted by molar-refractivity contribution is -0.119. The molecule has 0 atom stereocenters. The molecule has 0 aliphatic carbocycles. The lowest BCUT2D eigenvalue weighted by Gasteiger charge is -2.04. The minimum absolute atomic E-state index is 0.154. The van der Waals surface area contributed by atoms with Crippen molar-refractivity contribution in [3.8, 4) is 5.75 Å². The van der Waals surface area contributed by atoms with Crippen LogP contribution in [0.15, 0.2) is 29.4 Å². The van der Waals surface area contributed by atoms with Crippen molar-refractivity contribution in [2.24, 2.45) is 5.11 Å². The highest BCUT2D eigenvalue weighted by atomic mass is 16.5. The molecule has 90 valence electrons. The number of ether oxygens (including phenoxy) is 1. The third-order valence-electron chi connectivity index (χ3n) is 2.17. The van der Waals surface area contributed by atoms with Gasteiger partial charge in [0, 0.05) is 11.5 Å². The van der Waals surface area contributed by atoms with Crippen LogP contribution < -0.4 is 10.1 Å². The first-order valence-electron chi connectivity index (χ1n) is 5.16. The second-order valence-electron chi connectivity index (χ2n) is 3.34. The predicted molar refractivity (Wildman–Crippen MR) is 63.7 cm³/mol. The molecule has 0 saturated heterocycles. The molecule has 6 heteroatoms. The molecule has 0 radical (unpaired) electrons. The number of rotatable bonds is 6. The fraction of sp³-hybridized carbons (Fsp3) is 0.364. The average molecular weight is 234 g/mol. The summed E-state index contributed by atoms with van der Waals surface area (Å²) in [5.74, 6) is 0.539.